The first kappa shape index (κ1) is 16.0. The fourth-order valence-corrected chi connectivity index (χ4v) is 3.71. The van der Waals surface area contributed by atoms with Crippen molar-refractivity contribution >= 4 is 16.0 Å². The van der Waals surface area contributed by atoms with Gasteiger partial charge in [0.05, 0.1) is 5.92 Å². The van der Waals surface area contributed by atoms with E-state index in [-0.39, 0.29) is 17.6 Å². The Morgan fingerprint density at radius 1 is 1.43 bits per heavy atom. The minimum Gasteiger partial charge on any atom is -0.481 e. The predicted molar refractivity (Wildman–Crippen MR) is 75.0 cm³/mol. The summed E-state index contributed by atoms with van der Waals surface area (Å²) in [4.78, 5) is 10.9. The molecule has 2 N–H and O–H groups in total. The van der Waals surface area contributed by atoms with Gasteiger partial charge in [-0.3, -0.25) is 4.79 Å². The maximum atomic E-state index is 11.9. The van der Waals surface area contributed by atoms with E-state index < -0.39 is 16.0 Å². The molecule has 21 heavy (non-hydrogen) atoms. The third-order valence-electron chi connectivity index (χ3n) is 3.80. The van der Waals surface area contributed by atoms with Gasteiger partial charge in [-0.05, 0) is 38.5 Å². The summed E-state index contributed by atoms with van der Waals surface area (Å²) in [6, 6.07) is 1.59. The molecule has 8 heteroatoms. The van der Waals surface area contributed by atoms with Crippen LogP contribution in [0.15, 0.2) is 10.6 Å². The zero-order valence-corrected chi connectivity index (χ0v) is 12.7. The number of nitrogens with zero attached hydrogens (tertiary/aromatic N) is 1. The molecule has 1 aliphatic rings. The maximum absolute atomic E-state index is 11.9. The SMILES string of the molecule is Cc1cc(CS(=O)(=O)NCC2CCC(C(=O)O)CC2)no1. The van der Waals surface area contributed by atoms with E-state index in [9.17, 15) is 13.2 Å². The van der Waals surface area contributed by atoms with Crippen LogP contribution in [0.25, 0.3) is 0 Å². The van der Waals surface area contributed by atoms with Crippen molar-refractivity contribution in [2.45, 2.75) is 38.4 Å². The fraction of sp³-hybridized carbons (Fsp3) is 0.692. The number of hydrogen-bond donors (Lipinski definition) is 2. The molecule has 0 unspecified atom stereocenters. The molecule has 1 heterocycles. The van der Waals surface area contributed by atoms with E-state index in [4.69, 9.17) is 9.63 Å². The first-order chi connectivity index (χ1) is 9.85. The van der Waals surface area contributed by atoms with Crippen LogP contribution < -0.4 is 4.72 Å². The highest BCUT2D eigenvalue weighted by atomic mass is 32.2. The molecule has 118 valence electrons. The number of hydrogen-bond acceptors (Lipinski definition) is 5. The molecule has 7 nitrogen and oxygen atoms in total. The van der Waals surface area contributed by atoms with Crippen LogP contribution in [0.1, 0.15) is 37.1 Å². The molecular formula is C13H20N2O5S. The lowest BCUT2D eigenvalue weighted by Crippen LogP contribution is -2.33. The van der Waals surface area contributed by atoms with Gasteiger partial charge in [0.25, 0.3) is 0 Å². The number of sulfonamides is 1. The molecule has 2 rings (SSSR count). The van der Waals surface area contributed by atoms with Crippen molar-refractivity contribution in [3.63, 3.8) is 0 Å². The van der Waals surface area contributed by atoms with E-state index in [2.05, 4.69) is 9.88 Å². The summed E-state index contributed by atoms with van der Waals surface area (Å²) < 4.78 is 31.3. The van der Waals surface area contributed by atoms with Gasteiger partial charge in [0.15, 0.2) is 0 Å². The molecule has 0 aromatic carbocycles. The van der Waals surface area contributed by atoms with Crippen LogP contribution in [0.2, 0.25) is 0 Å². The number of aliphatic carboxylic acids is 1. The van der Waals surface area contributed by atoms with E-state index in [1.165, 1.54) is 0 Å². The Bertz CT molecular complexity index is 587. The lowest BCUT2D eigenvalue weighted by molar-refractivity contribution is -0.143. The number of carbonyl (C=O) groups is 1. The Morgan fingerprint density at radius 3 is 2.62 bits per heavy atom. The van der Waals surface area contributed by atoms with Crippen molar-refractivity contribution in [2.75, 3.05) is 6.54 Å². The zero-order chi connectivity index (χ0) is 15.5. The molecule has 1 saturated carbocycles. The van der Waals surface area contributed by atoms with Crippen molar-refractivity contribution < 1.29 is 22.8 Å². The molecule has 0 bridgehead atoms. The summed E-state index contributed by atoms with van der Waals surface area (Å²) in [5.41, 5.74) is 0.384. The van der Waals surface area contributed by atoms with E-state index >= 15 is 0 Å². The van der Waals surface area contributed by atoms with Gasteiger partial charge in [-0.15, -0.1) is 0 Å². The standard InChI is InChI=1S/C13H20N2O5S/c1-9-6-12(15-20-9)8-21(18,19)14-7-10-2-4-11(5-3-10)13(16)17/h6,10-11,14H,2-5,7-8H2,1H3,(H,16,17). The second-order valence-corrected chi connectivity index (χ2v) is 7.40. The molecule has 0 aliphatic heterocycles. The average Bonchev–Trinajstić information content (AvgIpc) is 2.81. The topological polar surface area (TPSA) is 110 Å². The van der Waals surface area contributed by atoms with Crippen LogP contribution in [-0.2, 0) is 20.6 Å². The molecule has 0 radical (unpaired) electrons. The van der Waals surface area contributed by atoms with E-state index in [0.29, 0.717) is 30.8 Å². The number of rotatable bonds is 6. The summed E-state index contributed by atoms with van der Waals surface area (Å²) in [6.45, 7) is 2.06. The summed E-state index contributed by atoms with van der Waals surface area (Å²) in [5.74, 6) is -0.456. The van der Waals surface area contributed by atoms with Gasteiger partial charge in [-0.25, -0.2) is 13.1 Å². The van der Waals surface area contributed by atoms with E-state index in [1.807, 2.05) is 0 Å². The van der Waals surface area contributed by atoms with Crippen molar-refractivity contribution in [3.05, 3.63) is 17.5 Å². The molecule has 1 aliphatic carbocycles. The Morgan fingerprint density at radius 2 is 2.10 bits per heavy atom. The summed E-state index contributed by atoms with van der Waals surface area (Å²) in [7, 11) is -3.44. The predicted octanol–water partition coefficient (Wildman–Crippen LogP) is 1.29. The maximum Gasteiger partial charge on any atom is 0.306 e. The Balaban J connectivity index is 1.78. The van der Waals surface area contributed by atoms with Gasteiger partial charge in [0.2, 0.25) is 10.0 Å². The van der Waals surface area contributed by atoms with Gasteiger partial charge in [0, 0.05) is 12.6 Å². The Labute approximate surface area is 123 Å². The quantitative estimate of drug-likeness (QED) is 0.818. The van der Waals surface area contributed by atoms with Crippen LogP contribution in [0.3, 0.4) is 0 Å². The molecular weight excluding hydrogens is 296 g/mol. The van der Waals surface area contributed by atoms with Crippen LogP contribution in [0.4, 0.5) is 0 Å². The minimum absolute atomic E-state index is 0.200. The van der Waals surface area contributed by atoms with Crippen molar-refractivity contribution in [2.24, 2.45) is 11.8 Å². The van der Waals surface area contributed by atoms with Crippen LogP contribution in [0, 0.1) is 18.8 Å². The molecule has 0 atom stereocenters. The average molecular weight is 316 g/mol. The highest BCUT2D eigenvalue weighted by Crippen LogP contribution is 2.28. The van der Waals surface area contributed by atoms with E-state index in [1.54, 1.807) is 13.0 Å². The molecule has 0 saturated heterocycles. The third-order valence-corrected chi connectivity index (χ3v) is 5.08. The second kappa shape index (κ2) is 6.57. The normalized spacial score (nSPS) is 23.1. The monoisotopic (exact) mass is 316 g/mol. The fourth-order valence-electron chi connectivity index (χ4n) is 2.59. The molecule has 0 amide bonds. The minimum atomic E-state index is -3.44. The molecule has 1 aromatic rings. The molecule has 1 fully saturated rings. The summed E-state index contributed by atoms with van der Waals surface area (Å²) >= 11 is 0. The highest BCUT2D eigenvalue weighted by Gasteiger charge is 2.26. The summed E-state index contributed by atoms with van der Waals surface area (Å²) in [5, 5.41) is 12.6. The first-order valence-corrected chi connectivity index (χ1v) is 8.63. The third kappa shape index (κ3) is 4.82. The number of carboxylic acids is 1. The van der Waals surface area contributed by atoms with Crippen molar-refractivity contribution in [1.29, 1.82) is 0 Å². The van der Waals surface area contributed by atoms with Crippen LogP contribution in [0.5, 0.6) is 0 Å². The van der Waals surface area contributed by atoms with E-state index in [0.717, 1.165) is 12.8 Å². The van der Waals surface area contributed by atoms with Gasteiger partial charge in [-0.2, -0.15) is 0 Å². The first-order valence-electron chi connectivity index (χ1n) is 6.98. The zero-order valence-electron chi connectivity index (χ0n) is 11.9. The Hall–Kier alpha value is -1.41. The highest BCUT2D eigenvalue weighted by molar-refractivity contribution is 7.88. The van der Waals surface area contributed by atoms with Crippen molar-refractivity contribution in [3.8, 4) is 0 Å². The number of carboxylic acid groups (broad SMARTS) is 1. The van der Waals surface area contributed by atoms with Crippen molar-refractivity contribution in [1.82, 2.24) is 9.88 Å². The van der Waals surface area contributed by atoms with Gasteiger partial charge >= 0.3 is 5.97 Å². The largest absolute Gasteiger partial charge is 0.481 e. The number of aryl methyl sites for hydroxylation is 1. The Kier molecular flexibility index (Phi) is 5.00. The number of aromatic nitrogens is 1. The van der Waals surface area contributed by atoms with Gasteiger partial charge < -0.3 is 9.63 Å². The van der Waals surface area contributed by atoms with Gasteiger partial charge in [0.1, 0.15) is 17.2 Å². The smallest absolute Gasteiger partial charge is 0.306 e. The van der Waals surface area contributed by atoms with Crippen LogP contribution in [-0.4, -0.2) is 31.2 Å². The summed E-state index contributed by atoms with van der Waals surface area (Å²) in [6.07, 6.45) is 2.71. The lowest BCUT2D eigenvalue weighted by atomic mass is 9.82. The molecule has 0 spiro atoms. The lowest BCUT2D eigenvalue weighted by Gasteiger charge is -2.26. The number of nitrogens with one attached hydrogen (secondary N) is 1. The van der Waals surface area contributed by atoms with Gasteiger partial charge in [-0.1, -0.05) is 5.16 Å². The second-order valence-electron chi connectivity index (χ2n) is 5.59. The molecule has 1 aromatic heterocycles. The van der Waals surface area contributed by atoms with Crippen LogP contribution >= 0.6 is 0 Å².